The molecule has 5 nitrogen and oxygen atoms in total. The van der Waals surface area contributed by atoms with E-state index in [-0.39, 0.29) is 42.6 Å². The first-order chi connectivity index (χ1) is 7.79. The fourth-order valence-corrected chi connectivity index (χ4v) is 1.67. The predicted octanol–water partition coefficient (Wildman–Crippen LogP) is 1.30. The number of nitrogens with zero attached hydrogens (tertiary/aromatic N) is 2. The zero-order chi connectivity index (χ0) is 13.1. The topological polar surface area (TPSA) is 70.0 Å². The molecule has 0 aromatic heterocycles. The molecule has 0 atom stereocenters. The first-order valence-electron chi connectivity index (χ1n) is 4.61. The summed E-state index contributed by atoms with van der Waals surface area (Å²) in [7, 11) is 0. The fourth-order valence-electron chi connectivity index (χ4n) is 1.18. The number of hydrazone groups is 1. The molecule has 1 amide bonds. The number of halogens is 3. The van der Waals surface area contributed by atoms with Crippen molar-refractivity contribution in [3.8, 4) is 0 Å². The Balaban J connectivity index is 2.53. The van der Waals surface area contributed by atoms with Crippen LogP contribution in [0.25, 0.3) is 0 Å². The highest BCUT2D eigenvalue weighted by atomic mass is 32.2. The van der Waals surface area contributed by atoms with E-state index < -0.39 is 17.4 Å². The summed E-state index contributed by atoms with van der Waals surface area (Å²) in [5.41, 5.74) is -4.57. The molecular weight excluding hydrogens is 261 g/mol. The molecule has 1 aliphatic rings. The summed E-state index contributed by atoms with van der Waals surface area (Å²) in [5.74, 6) is -2.09. The first-order valence-corrected chi connectivity index (χ1v) is 5.60. The van der Waals surface area contributed by atoms with Gasteiger partial charge in [-0.05, 0) is 11.8 Å². The Morgan fingerprint density at radius 2 is 2.12 bits per heavy atom. The number of thioether (sulfide) groups is 1. The average Bonchev–Trinajstić information content (AvgIpc) is 2.18. The molecule has 0 radical (unpaired) electrons. The molecule has 9 heteroatoms. The lowest BCUT2D eigenvalue weighted by Gasteiger charge is -2.21. The molecule has 1 rings (SSSR count). The van der Waals surface area contributed by atoms with Gasteiger partial charge in [0, 0.05) is 18.6 Å². The van der Waals surface area contributed by atoms with Gasteiger partial charge in [0.1, 0.15) is 5.71 Å². The number of aliphatic carboxylic acids is 1. The second-order valence-electron chi connectivity index (χ2n) is 3.16. The highest BCUT2D eigenvalue weighted by molar-refractivity contribution is 8.00. The number of hydrogen-bond acceptors (Lipinski definition) is 4. The van der Waals surface area contributed by atoms with Gasteiger partial charge in [0.25, 0.3) is 0 Å². The Morgan fingerprint density at radius 3 is 2.65 bits per heavy atom. The summed E-state index contributed by atoms with van der Waals surface area (Å²) in [6.07, 6.45) is -0.0289. The van der Waals surface area contributed by atoms with E-state index in [1.807, 2.05) is 0 Å². The van der Waals surface area contributed by atoms with Gasteiger partial charge in [0.15, 0.2) is 0 Å². The van der Waals surface area contributed by atoms with Crippen LogP contribution in [0.5, 0.6) is 0 Å². The van der Waals surface area contributed by atoms with Crippen LogP contribution < -0.4 is 0 Å². The van der Waals surface area contributed by atoms with Crippen LogP contribution in [0.1, 0.15) is 12.8 Å². The minimum Gasteiger partial charge on any atom is -0.477 e. The van der Waals surface area contributed by atoms with Crippen molar-refractivity contribution in [3.63, 3.8) is 0 Å². The van der Waals surface area contributed by atoms with Crippen molar-refractivity contribution in [1.82, 2.24) is 5.01 Å². The van der Waals surface area contributed by atoms with Crippen LogP contribution in [-0.4, -0.2) is 45.5 Å². The Bertz CT molecular complexity index is 356. The zero-order valence-corrected chi connectivity index (χ0v) is 9.35. The number of carbonyl (C=O) groups excluding carboxylic acids is 1. The number of rotatable bonds is 4. The quantitative estimate of drug-likeness (QED) is 0.836. The van der Waals surface area contributed by atoms with E-state index in [1.54, 1.807) is 0 Å². The van der Waals surface area contributed by atoms with Gasteiger partial charge in [-0.2, -0.15) is 18.3 Å². The number of carboxylic acids is 1. The Kier molecular flexibility index (Phi) is 4.38. The third-order valence-electron chi connectivity index (χ3n) is 1.92. The van der Waals surface area contributed by atoms with Gasteiger partial charge < -0.3 is 5.11 Å². The van der Waals surface area contributed by atoms with Crippen LogP contribution >= 0.6 is 11.8 Å². The molecule has 0 spiro atoms. The lowest BCUT2D eigenvalue weighted by atomic mass is 10.2. The molecule has 96 valence electrons. The van der Waals surface area contributed by atoms with E-state index in [0.717, 1.165) is 5.01 Å². The number of carbonyl (C=O) groups is 2. The standard InChI is InChI=1S/C8H9F3N2O3S/c9-8(10,11)17-4-3-13-6(14)2-1-5(12-13)7(15)16/h1-4H2,(H,15,16). The molecule has 0 unspecified atom stereocenters. The number of hydrogen-bond donors (Lipinski definition) is 1. The van der Waals surface area contributed by atoms with Crippen molar-refractivity contribution in [1.29, 1.82) is 0 Å². The average molecular weight is 270 g/mol. The number of carboxylic acid groups (broad SMARTS) is 1. The molecule has 17 heavy (non-hydrogen) atoms. The van der Waals surface area contributed by atoms with E-state index in [1.165, 1.54) is 0 Å². The van der Waals surface area contributed by atoms with Crippen LogP contribution in [0.15, 0.2) is 5.10 Å². The molecule has 0 saturated carbocycles. The molecule has 1 aliphatic heterocycles. The third kappa shape index (κ3) is 4.63. The Hall–Kier alpha value is -1.25. The van der Waals surface area contributed by atoms with Crippen LogP contribution in [0.4, 0.5) is 13.2 Å². The second-order valence-corrected chi connectivity index (χ2v) is 4.32. The van der Waals surface area contributed by atoms with Crippen LogP contribution in [0.3, 0.4) is 0 Å². The molecule has 0 aliphatic carbocycles. The van der Waals surface area contributed by atoms with E-state index in [2.05, 4.69) is 5.10 Å². The SMILES string of the molecule is O=C(O)C1=NN(CCSC(F)(F)F)C(=O)CC1. The van der Waals surface area contributed by atoms with Crippen molar-refractivity contribution < 1.29 is 27.9 Å². The summed E-state index contributed by atoms with van der Waals surface area (Å²) in [6, 6.07) is 0. The predicted molar refractivity (Wildman–Crippen MR) is 54.5 cm³/mol. The summed E-state index contributed by atoms with van der Waals surface area (Å²) < 4.78 is 35.5. The molecule has 0 fully saturated rings. The smallest absolute Gasteiger partial charge is 0.441 e. The largest absolute Gasteiger partial charge is 0.477 e. The minimum absolute atomic E-state index is 0.0110. The molecule has 0 saturated heterocycles. The second kappa shape index (κ2) is 5.39. The summed E-state index contributed by atoms with van der Waals surface area (Å²) in [5, 5.41) is 12.9. The lowest BCUT2D eigenvalue weighted by Crippen LogP contribution is -2.35. The van der Waals surface area contributed by atoms with Crippen molar-refractivity contribution >= 4 is 29.4 Å². The Labute approximate surface area is 98.7 Å². The molecule has 1 N–H and O–H groups in total. The van der Waals surface area contributed by atoms with Gasteiger partial charge in [-0.25, -0.2) is 9.80 Å². The van der Waals surface area contributed by atoms with E-state index in [9.17, 15) is 22.8 Å². The molecule has 1 heterocycles. The van der Waals surface area contributed by atoms with Gasteiger partial charge in [0.05, 0.1) is 6.54 Å². The molecule has 0 aromatic carbocycles. The number of alkyl halides is 3. The van der Waals surface area contributed by atoms with Crippen molar-refractivity contribution in [3.05, 3.63) is 0 Å². The fraction of sp³-hybridized carbons (Fsp3) is 0.625. The van der Waals surface area contributed by atoms with Crippen LogP contribution in [0, 0.1) is 0 Å². The molecular formula is C8H9F3N2O3S. The van der Waals surface area contributed by atoms with Crippen molar-refractivity contribution in [2.45, 2.75) is 18.3 Å². The maximum atomic E-state index is 11.8. The van der Waals surface area contributed by atoms with Gasteiger partial charge in [-0.1, -0.05) is 0 Å². The van der Waals surface area contributed by atoms with Crippen molar-refractivity contribution in [2.75, 3.05) is 12.3 Å². The summed E-state index contributed by atoms with van der Waals surface area (Å²) >= 11 is -0.272. The lowest BCUT2D eigenvalue weighted by molar-refractivity contribution is -0.132. The maximum Gasteiger partial charge on any atom is 0.441 e. The molecule has 0 aromatic rings. The first kappa shape index (κ1) is 13.8. The van der Waals surface area contributed by atoms with E-state index in [4.69, 9.17) is 5.11 Å². The normalized spacial score (nSPS) is 17.0. The van der Waals surface area contributed by atoms with Crippen LogP contribution in [-0.2, 0) is 9.59 Å². The minimum atomic E-state index is -4.36. The zero-order valence-electron chi connectivity index (χ0n) is 8.53. The number of amides is 1. The maximum absolute atomic E-state index is 11.8. The summed E-state index contributed by atoms with van der Waals surface area (Å²) in [4.78, 5) is 21.8. The van der Waals surface area contributed by atoms with Gasteiger partial charge in [-0.15, -0.1) is 0 Å². The monoisotopic (exact) mass is 270 g/mol. The van der Waals surface area contributed by atoms with Crippen LogP contribution in [0.2, 0.25) is 0 Å². The highest BCUT2D eigenvalue weighted by Crippen LogP contribution is 2.30. The van der Waals surface area contributed by atoms with E-state index in [0.29, 0.717) is 0 Å². The highest BCUT2D eigenvalue weighted by Gasteiger charge is 2.29. The Morgan fingerprint density at radius 1 is 1.47 bits per heavy atom. The summed E-state index contributed by atoms with van der Waals surface area (Å²) in [6.45, 7) is -0.250. The third-order valence-corrected chi connectivity index (χ3v) is 2.63. The van der Waals surface area contributed by atoms with Crippen molar-refractivity contribution in [2.24, 2.45) is 5.10 Å². The molecule has 0 bridgehead atoms. The van der Waals surface area contributed by atoms with Gasteiger partial charge >= 0.3 is 11.5 Å². The van der Waals surface area contributed by atoms with Gasteiger partial charge in [-0.3, -0.25) is 4.79 Å². The van der Waals surface area contributed by atoms with E-state index >= 15 is 0 Å². The van der Waals surface area contributed by atoms with Gasteiger partial charge in [0.2, 0.25) is 5.91 Å².